The Labute approximate surface area is 201 Å². The minimum Gasteiger partial charge on any atom is -0.508 e. The second-order valence-electron chi connectivity index (χ2n) is 8.74. The molecule has 2 aliphatic heterocycles. The Bertz CT molecular complexity index is 1150. The van der Waals surface area contributed by atoms with Crippen molar-refractivity contribution in [2.24, 2.45) is 0 Å². The molecule has 1 saturated heterocycles. The number of benzene rings is 3. The number of phenols is 1. The lowest BCUT2D eigenvalue weighted by atomic mass is 9.88. The molecule has 0 radical (unpaired) electrons. The third-order valence-electron chi connectivity index (χ3n) is 6.55. The fraction of sp³-hybridized carbons (Fsp3) is 0.310. The molecule has 176 valence electrons. The van der Waals surface area contributed by atoms with Crippen LogP contribution in [0.3, 0.4) is 0 Å². The summed E-state index contributed by atoms with van der Waals surface area (Å²) in [6.45, 7) is 6.47. The van der Waals surface area contributed by atoms with Gasteiger partial charge in [-0.05, 0) is 96.6 Å². The average molecular weight is 458 g/mol. The number of aromatic hydroxyl groups is 1. The van der Waals surface area contributed by atoms with Crippen molar-refractivity contribution in [2.45, 2.75) is 26.2 Å². The highest BCUT2D eigenvalue weighted by molar-refractivity contribution is 5.99. The van der Waals surface area contributed by atoms with E-state index in [4.69, 9.17) is 14.2 Å². The molecule has 0 saturated carbocycles. The first-order valence-corrected chi connectivity index (χ1v) is 12.1. The number of ether oxygens (including phenoxy) is 3. The van der Waals surface area contributed by atoms with Crippen LogP contribution < -0.4 is 14.2 Å². The quantitative estimate of drug-likeness (QED) is 0.423. The van der Waals surface area contributed by atoms with Crippen molar-refractivity contribution < 1.29 is 19.3 Å². The summed E-state index contributed by atoms with van der Waals surface area (Å²) in [7, 11) is 0. The van der Waals surface area contributed by atoms with E-state index in [1.807, 2.05) is 30.3 Å². The summed E-state index contributed by atoms with van der Waals surface area (Å²) in [6.07, 6.45) is 3.43. The van der Waals surface area contributed by atoms with Crippen molar-refractivity contribution in [3.05, 3.63) is 83.4 Å². The van der Waals surface area contributed by atoms with Crippen LogP contribution in [0.4, 0.5) is 0 Å². The number of rotatable bonds is 8. The van der Waals surface area contributed by atoms with E-state index < -0.39 is 0 Å². The number of hydrogen-bond donors (Lipinski definition) is 1. The number of hydrogen-bond acceptors (Lipinski definition) is 5. The van der Waals surface area contributed by atoms with Gasteiger partial charge >= 0.3 is 0 Å². The van der Waals surface area contributed by atoms with Crippen molar-refractivity contribution in [3.63, 3.8) is 0 Å². The van der Waals surface area contributed by atoms with Crippen molar-refractivity contribution in [1.82, 2.24) is 4.90 Å². The van der Waals surface area contributed by atoms with E-state index in [0.717, 1.165) is 52.5 Å². The molecule has 0 bridgehead atoms. The van der Waals surface area contributed by atoms with Crippen molar-refractivity contribution in [2.75, 3.05) is 33.0 Å². The number of fused-ring (bicyclic) bond motifs is 1. The summed E-state index contributed by atoms with van der Waals surface area (Å²) >= 11 is 0. The van der Waals surface area contributed by atoms with Gasteiger partial charge in [-0.25, -0.2) is 0 Å². The summed E-state index contributed by atoms with van der Waals surface area (Å²) in [5.74, 6) is 2.69. The molecule has 5 rings (SSSR count). The summed E-state index contributed by atoms with van der Waals surface area (Å²) in [5.41, 5.74) is 5.58. The Balaban J connectivity index is 1.46. The minimum absolute atomic E-state index is 0.256. The van der Waals surface area contributed by atoms with Gasteiger partial charge in [0, 0.05) is 6.54 Å². The third kappa shape index (κ3) is 4.90. The zero-order valence-corrected chi connectivity index (χ0v) is 19.6. The van der Waals surface area contributed by atoms with E-state index in [0.29, 0.717) is 6.61 Å². The van der Waals surface area contributed by atoms with Gasteiger partial charge in [0.25, 0.3) is 0 Å². The second kappa shape index (κ2) is 10.2. The molecular weight excluding hydrogens is 426 g/mol. The molecule has 3 aromatic carbocycles. The SMILES string of the molecule is CCC(=C(c1ccc(O)cc1)c1ccc(OCCN2CCCC2)cc1)c1ccc2c(c1)OCO2. The first-order valence-electron chi connectivity index (χ1n) is 12.1. The van der Waals surface area contributed by atoms with E-state index in [9.17, 15) is 5.11 Å². The molecule has 1 fully saturated rings. The van der Waals surface area contributed by atoms with Crippen LogP contribution in [0.2, 0.25) is 0 Å². The summed E-state index contributed by atoms with van der Waals surface area (Å²) < 4.78 is 17.2. The lowest BCUT2D eigenvalue weighted by molar-refractivity contribution is 0.174. The largest absolute Gasteiger partial charge is 0.508 e. The summed E-state index contributed by atoms with van der Waals surface area (Å²) in [5, 5.41) is 9.86. The molecule has 0 atom stereocenters. The smallest absolute Gasteiger partial charge is 0.231 e. The molecule has 5 nitrogen and oxygen atoms in total. The van der Waals surface area contributed by atoms with Crippen LogP contribution in [0.15, 0.2) is 66.7 Å². The van der Waals surface area contributed by atoms with E-state index in [1.165, 1.54) is 31.5 Å². The number of phenolic OH excluding ortho intramolecular Hbond substituents is 1. The van der Waals surface area contributed by atoms with Gasteiger partial charge in [-0.1, -0.05) is 37.3 Å². The Morgan fingerprint density at radius 2 is 1.50 bits per heavy atom. The molecule has 2 heterocycles. The summed E-state index contributed by atoms with van der Waals surface area (Å²) in [4.78, 5) is 2.46. The first-order chi connectivity index (χ1) is 16.7. The highest BCUT2D eigenvalue weighted by Crippen LogP contribution is 2.40. The predicted molar refractivity (Wildman–Crippen MR) is 134 cm³/mol. The molecule has 1 N–H and O–H groups in total. The zero-order chi connectivity index (χ0) is 23.3. The topological polar surface area (TPSA) is 51.2 Å². The van der Waals surface area contributed by atoms with Crippen LogP contribution in [0.1, 0.15) is 42.9 Å². The van der Waals surface area contributed by atoms with E-state index in [1.54, 1.807) is 12.1 Å². The molecule has 0 amide bonds. The lowest BCUT2D eigenvalue weighted by Gasteiger charge is -2.18. The Morgan fingerprint density at radius 1 is 0.853 bits per heavy atom. The van der Waals surface area contributed by atoms with Crippen molar-refractivity contribution >= 4 is 11.1 Å². The molecule has 3 aromatic rings. The van der Waals surface area contributed by atoms with Crippen molar-refractivity contribution in [1.29, 1.82) is 0 Å². The fourth-order valence-electron chi connectivity index (χ4n) is 4.77. The predicted octanol–water partition coefficient (Wildman–Crippen LogP) is 5.96. The molecule has 5 heteroatoms. The molecule has 0 unspecified atom stereocenters. The van der Waals surface area contributed by atoms with Crippen LogP contribution in [-0.4, -0.2) is 43.0 Å². The maximum atomic E-state index is 9.86. The van der Waals surface area contributed by atoms with Gasteiger partial charge in [0.2, 0.25) is 6.79 Å². The van der Waals surface area contributed by atoms with Gasteiger partial charge in [0.1, 0.15) is 18.1 Å². The Morgan fingerprint density at radius 3 is 2.21 bits per heavy atom. The van der Waals surface area contributed by atoms with Crippen LogP contribution in [-0.2, 0) is 0 Å². The fourth-order valence-corrected chi connectivity index (χ4v) is 4.77. The molecular formula is C29H31NO4. The molecule has 0 aliphatic carbocycles. The highest BCUT2D eigenvalue weighted by Gasteiger charge is 2.18. The molecule has 0 aromatic heterocycles. The molecule has 2 aliphatic rings. The highest BCUT2D eigenvalue weighted by atomic mass is 16.7. The van der Waals surface area contributed by atoms with E-state index >= 15 is 0 Å². The third-order valence-corrected chi connectivity index (χ3v) is 6.55. The van der Waals surface area contributed by atoms with Crippen LogP contribution in [0, 0.1) is 0 Å². The average Bonchev–Trinajstić information content (AvgIpc) is 3.55. The van der Waals surface area contributed by atoms with Gasteiger partial charge in [0.15, 0.2) is 11.5 Å². The normalized spacial score (nSPS) is 15.9. The van der Waals surface area contributed by atoms with Gasteiger partial charge < -0.3 is 19.3 Å². The Kier molecular flexibility index (Phi) is 6.72. The van der Waals surface area contributed by atoms with Gasteiger partial charge in [0.05, 0.1) is 0 Å². The van der Waals surface area contributed by atoms with Gasteiger partial charge in [-0.2, -0.15) is 0 Å². The van der Waals surface area contributed by atoms with E-state index in [2.05, 4.69) is 36.1 Å². The lowest BCUT2D eigenvalue weighted by Crippen LogP contribution is -2.25. The standard InChI is InChI=1S/C29H31NO4/c1-2-26(23-9-14-27-28(19-23)34-20-33-27)29(21-5-10-24(31)11-6-21)22-7-12-25(13-8-22)32-18-17-30-15-3-4-16-30/h5-14,19,31H,2-4,15-18,20H2,1H3. The first kappa shape index (κ1) is 22.4. The monoisotopic (exact) mass is 457 g/mol. The number of nitrogens with zero attached hydrogens (tertiary/aromatic N) is 1. The summed E-state index contributed by atoms with van der Waals surface area (Å²) in [6, 6.07) is 21.8. The van der Waals surface area contributed by atoms with Gasteiger partial charge in [-0.3, -0.25) is 4.90 Å². The maximum Gasteiger partial charge on any atom is 0.231 e. The van der Waals surface area contributed by atoms with E-state index in [-0.39, 0.29) is 12.5 Å². The molecule has 34 heavy (non-hydrogen) atoms. The Hall–Kier alpha value is -3.44. The van der Waals surface area contributed by atoms with Gasteiger partial charge in [-0.15, -0.1) is 0 Å². The van der Waals surface area contributed by atoms with Crippen LogP contribution in [0.5, 0.6) is 23.0 Å². The minimum atomic E-state index is 0.256. The maximum absolute atomic E-state index is 9.86. The molecule has 0 spiro atoms. The van der Waals surface area contributed by atoms with Crippen molar-refractivity contribution in [3.8, 4) is 23.0 Å². The number of likely N-dealkylation sites (tertiary alicyclic amines) is 1. The zero-order valence-electron chi connectivity index (χ0n) is 19.6. The van der Waals surface area contributed by atoms with Crippen LogP contribution >= 0.6 is 0 Å². The number of allylic oxidation sites excluding steroid dienone is 1. The second-order valence-corrected chi connectivity index (χ2v) is 8.74. The van der Waals surface area contributed by atoms with Crippen LogP contribution in [0.25, 0.3) is 11.1 Å².